The number of hydrogen-bond donors (Lipinski definition) is 6. The zero-order valence-corrected chi connectivity index (χ0v) is 12.6. The van der Waals surface area contributed by atoms with Gasteiger partial charge in [0, 0.05) is 0 Å². The standard InChI is InChI=1S/C11H20N4O9/c16-1-2-21-3-4-22-5-15-9(18)8(14-11(15)20)24-23-7-6(17)12-10(19)13-7/h6-9,16-18H,1-5H2,(H,14,20)(H2,12,13,19). The average Bonchev–Trinajstić information content (AvgIpc) is 3.00. The van der Waals surface area contributed by atoms with Gasteiger partial charge < -0.3 is 40.7 Å². The smallest absolute Gasteiger partial charge is 0.323 e. The number of carbonyl (C=O) groups is 2. The van der Waals surface area contributed by atoms with Crippen LogP contribution >= 0.6 is 0 Å². The van der Waals surface area contributed by atoms with E-state index in [2.05, 4.69) is 16.0 Å². The highest BCUT2D eigenvalue weighted by molar-refractivity contribution is 5.77. The van der Waals surface area contributed by atoms with E-state index in [-0.39, 0.29) is 33.2 Å². The highest BCUT2D eigenvalue weighted by atomic mass is 17.2. The lowest BCUT2D eigenvalue weighted by Crippen LogP contribution is -2.42. The second kappa shape index (κ2) is 8.93. The van der Waals surface area contributed by atoms with Crippen LogP contribution in [0.2, 0.25) is 0 Å². The summed E-state index contributed by atoms with van der Waals surface area (Å²) in [5, 5.41) is 34.5. The van der Waals surface area contributed by atoms with Crippen molar-refractivity contribution in [1.82, 2.24) is 20.9 Å². The average molecular weight is 352 g/mol. The summed E-state index contributed by atoms with van der Waals surface area (Å²) >= 11 is 0. The maximum atomic E-state index is 11.7. The van der Waals surface area contributed by atoms with Crippen molar-refractivity contribution >= 4 is 12.1 Å². The normalized spacial score (nSPS) is 29.5. The number of nitrogens with zero attached hydrogens (tertiary/aromatic N) is 1. The molecule has 0 aromatic rings. The van der Waals surface area contributed by atoms with E-state index in [1.54, 1.807) is 0 Å². The van der Waals surface area contributed by atoms with E-state index in [0.29, 0.717) is 0 Å². The lowest BCUT2D eigenvalue weighted by Gasteiger charge is -2.21. The van der Waals surface area contributed by atoms with Crippen LogP contribution in [-0.4, -0.2) is 90.4 Å². The second-order valence-electron chi connectivity index (χ2n) is 4.80. The van der Waals surface area contributed by atoms with Gasteiger partial charge in [0.25, 0.3) is 0 Å². The monoisotopic (exact) mass is 352 g/mol. The molecule has 138 valence electrons. The van der Waals surface area contributed by atoms with E-state index >= 15 is 0 Å². The maximum absolute atomic E-state index is 11.7. The Balaban J connectivity index is 1.68. The molecule has 4 atom stereocenters. The van der Waals surface area contributed by atoms with Gasteiger partial charge in [-0.3, -0.25) is 4.90 Å². The Morgan fingerprint density at radius 1 is 0.958 bits per heavy atom. The Hall–Kier alpha value is -1.74. The van der Waals surface area contributed by atoms with Gasteiger partial charge in [0.15, 0.2) is 12.5 Å². The van der Waals surface area contributed by atoms with E-state index in [1.807, 2.05) is 0 Å². The summed E-state index contributed by atoms with van der Waals surface area (Å²) in [6.07, 6.45) is -5.16. The summed E-state index contributed by atoms with van der Waals surface area (Å²) in [5.41, 5.74) is 0. The molecule has 0 bridgehead atoms. The van der Waals surface area contributed by atoms with E-state index < -0.39 is 37.0 Å². The Morgan fingerprint density at radius 3 is 2.33 bits per heavy atom. The van der Waals surface area contributed by atoms with Crippen LogP contribution in [0.25, 0.3) is 0 Å². The minimum absolute atomic E-state index is 0.0993. The van der Waals surface area contributed by atoms with Gasteiger partial charge in [-0.05, 0) is 0 Å². The van der Waals surface area contributed by atoms with Crippen molar-refractivity contribution in [1.29, 1.82) is 0 Å². The van der Waals surface area contributed by atoms with Gasteiger partial charge >= 0.3 is 12.1 Å². The third-order valence-corrected chi connectivity index (χ3v) is 3.06. The fraction of sp³-hybridized carbons (Fsp3) is 0.818. The molecule has 0 saturated carbocycles. The number of rotatable bonds is 10. The molecule has 0 aromatic heterocycles. The highest BCUT2D eigenvalue weighted by Gasteiger charge is 2.41. The topological polar surface area (TPSA) is 171 Å². The molecule has 2 heterocycles. The molecule has 6 N–H and O–H groups in total. The predicted octanol–water partition coefficient (Wildman–Crippen LogP) is -3.46. The molecule has 0 aromatic carbocycles. The summed E-state index contributed by atoms with van der Waals surface area (Å²) < 4.78 is 10.1. The number of urea groups is 2. The van der Waals surface area contributed by atoms with E-state index in [4.69, 9.17) is 24.4 Å². The fourth-order valence-corrected chi connectivity index (χ4v) is 1.88. The quantitative estimate of drug-likeness (QED) is 0.133. The minimum atomic E-state index is -1.40. The third-order valence-electron chi connectivity index (χ3n) is 3.06. The fourth-order valence-electron chi connectivity index (χ4n) is 1.88. The van der Waals surface area contributed by atoms with Crippen LogP contribution < -0.4 is 16.0 Å². The summed E-state index contributed by atoms with van der Waals surface area (Å²) in [4.78, 5) is 33.2. The molecule has 13 heteroatoms. The zero-order valence-electron chi connectivity index (χ0n) is 12.6. The van der Waals surface area contributed by atoms with Crippen LogP contribution in [0.5, 0.6) is 0 Å². The van der Waals surface area contributed by atoms with Gasteiger partial charge in [0.2, 0.25) is 12.5 Å². The van der Waals surface area contributed by atoms with Crippen LogP contribution in [0.4, 0.5) is 9.59 Å². The number of hydrogen-bond acceptors (Lipinski definition) is 9. The van der Waals surface area contributed by atoms with Gasteiger partial charge in [-0.15, -0.1) is 0 Å². The maximum Gasteiger partial charge on any atom is 0.323 e. The van der Waals surface area contributed by atoms with Gasteiger partial charge in [0.1, 0.15) is 6.73 Å². The Labute approximate surface area is 136 Å². The Bertz CT molecular complexity index is 440. The SMILES string of the molecule is O=C1NC(O)C(OOC2NC(=O)N(COCCOCCO)C2O)N1. The Morgan fingerprint density at radius 2 is 1.67 bits per heavy atom. The molecule has 0 spiro atoms. The Kier molecular flexibility index (Phi) is 6.92. The van der Waals surface area contributed by atoms with Crippen LogP contribution in [0.3, 0.4) is 0 Å². The molecular formula is C11H20N4O9. The van der Waals surface area contributed by atoms with Crippen molar-refractivity contribution in [3.63, 3.8) is 0 Å². The lowest BCUT2D eigenvalue weighted by atomic mass is 10.5. The predicted molar refractivity (Wildman–Crippen MR) is 72.5 cm³/mol. The van der Waals surface area contributed by atoms with Gasteiger partial charge in [-0.1, -0.05) is 0 Å². The molecule has 4 amide bonds. The molecule has 0 radical (unpaired) electrons. The largest absolute Gasteiger partial charge is 0.394 e. The molecule has 2 fully saturated rings. The summed E-state index contributed by atoms with van der Waals surface area (Å²) in [5.74, 6) is 0. The minimum Gasteiger partial charge on any atom is -0.394 e. The van der Waals surface area contributed by atoms with Crippen LogP contribution in [0.1, 0.15) is 0 Å². The number of carbonyl (C=O) groups excluding carboxylic acids is 2. The summed E-state index contributed by atoms with van der Waals surface area (Å²) in [6.45, 7) is 0.241. The molecule has 2 rings (SSSR count). The van der Waals surface area contributed by atoms with E-state index in [0.717, 1.165) is 4.90 Å². The molecule has 24 heavy (non-hydrogen) atoms. The molecule has 2 aliphatic heterocycles. The number of nitrogens with one attached hydrogen (secondary N) is 3. The lowest BCUT2D eigenvalue weighted by molar-refractivity contribution is -0.378. The first-order chi connectivity index (χ1) is 11.5. The van der Waals surface area contributed by atoms with Gasteiger partial charge in [0.05, 0.1) is 26.4 Å². The number of aliphatic hydroxyl groups is 3. The molecule has 2 aliphatic rings. The first kappa shape index (κ1) is 18.6. The van der Waals surface area contributed by atoms with Crippen molar-refractivity contribution in [2.75, 3.05) is 33.2 Å². The first-order valence-corrected chi connectivity index (χ1v) is 7.11. The van der Waals surface area contributed by atoms with Gasteiger partial charge in [-0.2, -0.15) is 0 Å². The van der Waals surface area contributed by atoms with Crippen LogP contribution in [0.15, 0.2) is 0 Å². The number of amides is 4. The third kappa shape index (κ3) is 4.88. The molecule has 13 nitrogen and oxygen atoms in total. The molecule has 4 unspecified atom stereocenters. The summed E-state index contributed by atoms with van der Waals surface area (Å²) in [7, 11) is 0. The highest BCUT2D eigenvalue weighted by Crippen LogP contribution is 2.14. The van der Waals surface area contributed by atoms with E-state index in [1.165, 1.54) is 0 Å². The van der Waals surface area contributed by atoms with Crippen molar-refractivity contribution < 1.29 is 44.2 Å². The van der Waals surface area contributed by atoms with Crippen molar-refractivity contribution in [3.05, 3.63) is 0 Å². The molecular weight excluding hydrogens is 332 g/mol. The van der Waals surface area contributed by atoms with Crippen molar-refractivity contribution in [2.24, 2.45) is 0 Å². The molecule has 0 aliphatic carbocycles. The number of aliphatic hydroxyl groups excluding tert-OH is 3. The van der Waals surface area contributed by atoms with Crippen LogP contribution in [0, 0.1) is 0 Å². The van der Waals surface area contributed by atoms with Crippen molar-refractivity contribution in [2.45, 2.75) is 24.9 Å². The van der Waals surface area contributed by atoms with E-state index in [9.17, 15) is 19.8 Å². The second-order valence-corrected chi connectivity index (χ2v) is 4.80. The number of ether oxygens (including phenoxy) is 2. The van der Waals surface area contributed by atoms with Crippen molar-refractivity contribution in [3.8, 4) is 0 Å². The summed E-state index contributed by atoms with van der Waals surface area (Å²) in [6, 6.07) is -1.30. The first-order valence-electron chi connectivity index (χ1n) is 7.11. The van der Waals surface area contributed by atoms with Crippen LogP contribution in [-0.2, 0) is 19.2 Å². The molecule has 2 saturated heterocycles. The zero-order chi connectivity index (χ0) is 17.5. The van der Waals surface area contributed by atoms with Gasteiger partial charge in [-0.25, -0.2) is 19.4 Å².